The Hall–Kier alpha value is -2.43. The van der Waals surface area contributed by atoms with Gasteiger partial charge in [-0.15, -0.1) is 0 Å². The van der Waals surface area contributed by atoms with Gasteiger partial charge in [0.1, 0.15) is 0 Å². The van der Waals surface area contributed by atoms with Gasteiger partial charge in [0.25, 0.3) is 5.91 Å². The second-order valence-electron chi connectivity index (χ2n) is 6.41. The molecule has 0 spiro atoms. The first-order valence-electron chi connectivity index (χ1n) is 8.02. The van der Waals surface area contributed by atoms with E-state index in [1.165, 1.54) is 16.4 Å². The van der Waals surface area contributed by atoms with Crippen LogP contribution in [0, 0.1) is 6.92 Å². The molecule has 0 aromatic heterocycles. The molecule has 2 aromatic carbocycles. The van der Waals surface area contributed by atoms with Crippen molar-refractivity contribution in [1.29, 1.82) is 0 Å². The normalized spacial score (nSPS) is 14.1. The summed E-state index contributed by atoms with van der Waals surface area (Å²) >= 11 is 0. The van der Waals surface area contributed by atoms with Crippen LogP contribution >= 0.6 is 0 Å². The molecule has 0 aliphatic carbocycles. The number of hydrogen-bond acceptors (Lipinski definition) is 5. The molecule has 2 aromatic rings. The van der Waals surface area contributed by atoms with E-state index < -0.39 is 26.0 Å². The lowest BCUT2D eigenvalue weighted by Gasteiger charge is -2.16. The number of nitrogens with two attached hydrogens (primary N) is 1. The molecule has 0 bridgehead atoms. The Morgan fingerprint density at radius 1 is 1.11 bits per heavy atom. The summed E-state index contributed by atoms with van der Waals surface area (Å²) in [7, 11) is -7.25. The van der Waals surface area contributed by atoms with Gasteiger partial charge in [-0.25, -0.2) is 22.0 Å². The van der Waals surface area contributed by atoms with E-state index in [9.17, 15) is 21.6 Å². The molecule has 27 heavy (non-hydrogen) atoms. The van der Waals surface area contributed by atoms with Crippen LogP contribution in [-0.2, 0) is 26.5 Å². The van der Waals surface area contributed by atoms with E-state index in [2.05, 4.69) is 5.32 Å². The van der Waals surface area contributed by atoms with Gasteiger partial charge < -0.3 is 5.32 Å². The molecule has 0 saturated heterocycles. The zero-order valence-electron chi connectivity index (χ0n) is 14.8. The molecular weight excluding hydrogens is 390 g/mol. The summed E-state index contributed by atoms with van der Waals surface area (Å²) in [6.07, 6.45) is 1.66. The number of sulfonamides is 2. The summed E-state index contributed by atoms with van der Waals surface area (Å²) < 4.78 is 48.1. The first-order chi connectivity index (χ1) is 12.5. The van der Waals surface area contributed by atoms with Crippen molar-refractivity contribution in [3.8, 4) is 0 Å². The number of primary sulfonamides is 1. The number of aryl methyl sites for hydroxylation is 1. The minimum absolute atomic E-state index is 0.0574. The van der Waals surface area contributed by atoms with Gasteiger partial charge in [0.2, 0.25) is 20.0 Å². The number of nitrogens with one attached hydrogen (secondary N) is 1. The maximum atomic E-state index is 12.5. The van der Waals surface area contributed by atoms with E-state index in [1.807, 2.05) is 0 Å². The lowest BCUT2D eigenvalue weighted by molar-refractivity contribution is 0.102. The molecule has 3 rings (SSSR count). The average Bonchev–Trinajstić information content (AvgIpc) is 2.98. The molecule has 10 heteroatoms. The summed E-state index contributed by atoms with van der Waals surface area (Å²) in [5, 5.41) is 7.82. The van der Waals surface area contributed by atoms with Gasteiger partial charge in [-0.2, -0.15) is 0 Å². The van der Waals surface area contributed by atoms with E-state index in [-0.39, 0.29) is 4.90 Å². The number of amides is 1. The van der Waals surface area contributed by atoms with Crippen LogP contribution in [-0.4, -0.2) is 35.5 Å². The third kappa shape index (κ3) is 3.97. The zero-order valence-corrected chi connectivity index (χ0v) is 16.4. The van der Waals surface area contributed by atoms with Crippen LogP contribution in [0.4, 0.5) is 11.4 Å². The van der Waals surface area contributed by atoms with Crippen LogP contribution in [0.1, 0.15) is 21.5 Å². The van der Waals surface area contributed by atoms with Crippen LogP contribution in [0.2, 0.25) is 0 Å². The molecular formula is C17H19N3O5S2. The maximum absolute atomic E-state index is 12.5. The SMILES string of the molecule is Cc1ccc(NC(=O)c2ccc3c(c2)CCN3S(C)(=O)=O)cc1S(N)(=O)=O. The minimum atomic E-state index is -3.90. The van der Waals surface area contributed by atoms with E-state index in [4.69, 9.17) is 5.14 Å². The van der Waals surface area contributed by atoms with E-state index >= 15 is 0 Å². The highest BCUT2D eigenvalue weighted by molar-refractivity contribution is 7.92. The van der Waals surface area contributed by atoms with E-state index in [1.54, 1.807) is 31.2 Å². The van der Waals surface area contributed by atoms with Gasteiger partial charge in [-0.1, -0.05) is 6.07 Å². The molecule has 0 atom stereocenters. The van der Waals surface area contributed by atoms with Crippen molar-refractivity contribution in [1.82, 2.24) is 0 Å². The molecule has 1 heterocycles. The van der Waals surface area contributed by atoms with Crippen molar-refractivity contribution in [2.75, 3.05) is 22.4 Å². The van der Waals surface area contributed by atoms with Crippen LogP contribution in [0.5, 0.6) is 0 Å². The molecule has 0 radical (unpaired) electrons. The highest BCUT2D eigenvalue weighted by atomic mass is 32.2. The Balaban J connectivity index is 1.87. The Bertz CT molecular complexity index is 1140. The number of benzene rings is 2. The fourth-order valence-electron chi connectivity index (χ4n) is 3.04. The van der Waals surface area contributed by atoms with Gasteiger partial charge >= 0.3 is 0 Å². The third-order valence-electron chi connectivity index (χ3n) is 4.35. The molecule has 8 nitrogen and oxygen atoms in total. The zero-order chi connectivity index (χ0) is 20.0. The van der Waals surface area contributed by atoms with Crippen LogP contribution in [0.25, 0.3) is 0 Å². The topological polar surface area (TPSA) is 127 Å². The molecule has 0 saturated carbocycles. The lowest BCUT2D eigenvalue weighted by Crippen LogP contribution is -2.27. The molecule has 1 aliphatic heterocycles. The first kappa shape index (κ1) is 19.3. The Morgan fingerprint density at radius 3 is 2.44 bits per heavy atom. The van der Waals surface area contributed by atoms with Crippen molar-refractivity contribution in [3.05, 3.63) is 53.1 Å². The molecule has 1 amide bonds. The monoisotopic (exact) mass is 409 g/mol. The molecule has 0 fully saturated rings. The predicted octanol–water partition coefficient (Wildman–Crippen LogP) is 1.22. The number of anilines is 2. The second kappa shape index (κ2) is 6.63. The summed E-state index contributed by atoms with van der Waals surface area (Å²) in [5.41, 5.74) is 2.46. The van der Waals surface area contributed by atoms with Crippen LogP contribution in [0.3, 0.4) is 0 Å². The summed E-state index contributed by atoms with van der Waals surface area (Å²) in [4.78, 5) is 12.5. The number of carbonyl (C=O) groups excluding carboxylic acids is 1. The van der Waals surface area contributed by atoms with E-state index in [0.717, 1.165) is 11.8 Å². The van der Waals surface area contributed by atoms with Crippen molar-refractivity contribution in [3.63, 3.8) is 0 Å². The van der Waals surface area contributed by atoms with Gasteiger partial charge in [0.05, 0.1) is 16.8 Å². The summed E-state index contributed by atoms with van der Waals surface area (Å²) in [6, 6.07) is 9.23. The Kier molecular flexibility index (Phi) is 4.74. The van der Waals surface area contributed by atoms with Crippen LogP contribution < -0.4 is 14.8 Å². The minimum Gasteiger partial charge on any atom is -0.322 e. The molecule has 1 aliphatic rings. The van der Waals surface area contributed by atoms with Gasteiger partial charge in [-0.05, 0) is 54.8 Å². The molecule has 3 N–H and O–H groups in total. The van der Waals surface area contributed by atoms with Crippen molar-refractivity contribution in [2.24, 2.45) is 5.14 Å². The fraction of sp³-hybridized carbons (Fsp3) is 0.235. The lowest BCUT2D eigenvalue weighted by atomic mass is 10.1. The number of hydrogen-bond donors (Lipinski definition) is 2. The average molecular weight is 409 g/mol. The fourth-order valence-corrected chi connectivity index (χ4v) is 4.81. The van der Waals surface area contributed by atoms with Crippen molar-refractivity contribution < 1.29 is 21.6 Å². The van der Waals surface area contributed by atoms with Gasteiger partial charge in [-0.3, -0.25) is 9.10 Å². The van der Waals surface area contributed by atoms with Gasteiger partial charge in [0.15, 0.2) is 0 Å². The predicted molar refractivity (Wildman–Crippen MR) is 103 cm³/mol. The van der Waals surface area contributed by atoms with Crippen molar-refractivity contribution in [2.45, 2.75) is 18.2 Å². The number of rotatable bonds is 4. The van der Waals surface area contributed by atoms with Gasteiger partial charge in [0, 0.05) is 17.8 Å². The largest absolute Gasteiger partial charge is 0.322 e. The molecule has 0 unspecified atom stereocenters. The maximum Gasteiger partial charge on any atom is 0.255 e. The quantitative estimate of drug-likeness (QED) is 0.785. The smallest absolute Gasteiger partial charge is 0.255 e. The highest BCUT2D eigenvalue weighted by Gasteiger charge is 2.26. The number of nitrogens with zero attached hydrogens (tertiary/aromatic N) is 1. The molecule has 144 valence electrons. The van der Waals surface area contributed by atoms with E-state index in [0.29, 0.717) is 35.5 Å². The first-order valence-corrected chi connectivity index (χ1v) is 11.4. The standard InChI is InChI=1S/C17H19N3O5S2/c1-11-3-5-14(10-16(11)27(18,24)25)19-17(21)13-4-6-15-12(9-13)7-8-20(15)26(2,22)23/h3-6,9-10H,7-8H2,1-2H3,(H,19,21)(H2,18,24,25). The van der Waals surface area contributed by atoms with Crippen LogP contribution in [0.15, 0.2) is 41.3 Å². The third-order valence-corrected chi connectivity index (χ3v) is 6.58. The number of carbonyl (C=O) groups is 1. The summed E-state index contributed by atoms with van der Waals surface area (Å²) in [6.45, 7) is 1.95. The Morgan fingerprint density at radius 2 is 1.81 bits per heavy atom. The Labute approximate surface area is 158 Å². The van der Waals surface area contributed by atoms with Crippen molar-refractivity contribution >= 4 is 37.3 Å². The summed E-state index contributed by atoms with van der Waals surface area (Å²) in [5.74, 6) is -0.431. The second-order valence-corrected chi connectivity index (χ2v) is 9.84. The highest BCUT2D eigenvalue weighted by Crippen LogP contribution is 2.31. The number of fused-ring (bicyclic) bond motifs is 1.